The monoisotopic (exact) mass is 507 g/mol. The number of nitrogens with one attached hydrogen (secondary N) is 2. The van der Waals surface area contributed by atoms with Gasteiger partial charge < -0.3 is 14.8 Å². The number of carbonyl (C=O) groups is 1. The first-order valence-corrected chi connectivity index (χ1v) is 12.3. The van der Waals surface area contributed by atoms with Crippen LogP contribution in [0.5, 0.6) is 5.75 Å². The summed E-state index contributed by atoms with van der Waals surface area (Å²) in [6.45, 7) is 3.85. The number of phenols is 1. The molecule has 0 unspecified atom stereocenters. The van der Waals surface area contributed by atoms with E-state index in [2.05, 4.69) is 22.5 Å². The standard InChI is InChI=1S/C30H25N3O3S/c1-3-19-9-14-26-25(16-19)32-29(36-26)24-17-23(15-18(2)27(24)34)31-30(37)33-28(35)22-12-10-21(11-13-22)20-7-5-4-6-8-20/h4-17,34H,3H2,1-2H3,(H2,31,33,35,37). The highest BCUT2D eigenvalue weighted by Crippen LogP contribution is 2.36. The highest BCUT2D eigenvalue weighted by molar-refractivity contribution is 7.80. The van der Waals surface area contributed by atoms with Crippen molar-refractivity contribution < 1.29 is 14.3 Å². The van der Waals surface area contributed by atoms with Crippen LogP contribution in [0.1, 0.15) is 28.4 Å². The van der Waals surface area contributed by atoms with E-state index in [0.29, 0.717) is 33.9 Å². The van der Waals surface area contributed by atoms with E-state index in [4.69, 9.17) is 16.6 Å². The van der Waals surface area contributed by atoms with Crippen molar-refractivity contribution in [2.24, 2.45) is 0 Å². The van der Waals surface area contributed by atoms with Gasteiger partial charge in [-0.3, -0.25) is 10.1 Å². The van der Waals surface area contributed by atoms with Gasteiger partial charge in [0.05, 0.1) is 5.56 Å². The van der Waals surface area contributed by atoms with Crippen molar-refractivity contribution >= 4 is 40.0 Å². The molecule has 3 N–H and O–H groups in total. The minimum absolute atomic E-state index is 0.0706. The maximum atomic E-state index is 12.8. The number of thiocarbonyl (C=S) groups is 1. The molecule has 0 aliphatic carbocycles. The lowest BCUT2D eigenvalue weighted by atomic mass is 10.0. The fourth-order valence-electron chi connectivity index (χ4n) is 4.11. The zero-order chi connectivity index (χ0) is 25.9. The Hall–Kier alpha value is -4.49. The second kappa shape index (κ2) is 10.2. The van der Waals surface area contributed by atoms with Crippen molar-refractivity contribution in [3.8, 4) is 28.3 Å². The number of aryl methyl sites for hydroxylation is 2. The van der Waals surface area contributed by atoms with E-state index in [1.165, 1.54) is 0 Å². The molecule has 0 saturated carbocycles. The fourth-order valence-corrected chi connectivity index (χ4v) is 4.32. The van der Waals surface area contributed by atoms with Crippen LogP contribution >= 0.6 is 12.2 Å². The molecular formula is C30H25N3O3S. The van der Waals surface area contributed by atoms with Gasteiger partial charge in [-0.2, -0.15) is 0 Å². The number of aromatic hydroxyl groups is 1. The zero-order valence-electron chi connectivity index (χ0n) is 20.4. The van der Waals surface area contributed by atoms with E-state index in [9.17, 15) is 9.90 Å². The summed E-state index contributed by atoms with van der Waals surface area (Å²) in [6, 6.07) is 26.6. The lowest BCUT2D eigenvalue weighted by molar-refractivity contribution is 0.0977. The average Bonchev–Trinajstić information content (AvgIpc) is 3.34. The van der Waals surface area contributed by atoms with Crippen molar-refractivity contribution in [1.29, 1.82) is 0 Å². The number of hydrogen-bond donors (Lipinski definition) is 3. The van der Waals surface area contributed by atoms with Crippen molar-refractivity contribution in [1.82, 2.24) is 10.3 Å². The van der Waals surface area contributed by atoms with Crippen LogP contribution in [0.2, 0.25) is 0 Å². The summed E-state index contributed by atoms with van der Waals surface area (Å²) < 4.78 is 5.91. The molecule has 0 aliphatic rings. The smallest absolute Gasteiger partial charge is 0.257 e. The molecule has 7 heteroatoms. The van der Waals surface area contributed by atoms with Crippen LogP contribution < -0.4 is 10.6 Å². The maximum Gasteiger partial charge on any atom is 0.257 e. The molecule has 5 aromatic rings. The largest absolute Gasteiger partial charge is 0.507 e. The number of oxazole rings is 1. The molecule has 0 fully saturated rings. The molecule has 184 valence electrons. The molecule has 0 saturated heterocycles. The van der Waals surface area contributed by atoms with E-state index in [-0.39, 0.29) is 16.8 Å². The molecule has 6 nitrogen and oxygen atoms in total. The molecule has 4 aromatic carbocycles. The highest BCUT2D eigenvalue weighted by Gasteiger charge is 2.17. The topological polar surface area (TPSA) is 87.4 Å². The minimum Gasteiger partial charge on any atom is -0.507 e. The number of hydrogen-bond acceptors (Lipinski definition) is 5. The predicted octanol–water partition coefficient (Wildman–Crippen LogP) is 6.87. The second-order valence-corrected chi connectivity index (χ2v) is 9.12. The van der Waals surface area contributed by atoms with E-state index >= 15 is 0 Å². The average molecular weight is 508 g/mol. The number of rotatable bonds is 5. The Kier molecular flexibility index (Phi) is 6.70. The first kappa shape index (κ1) is 24.2. The van der Waals surface area contributed by atoms with E-state index in [0.717, 1.165) is 28.6 Å². The zero-order valence-corrected chi connectivity index (χ0v) is 21.2. The Morgan fingerprint density at radius 1 is 0.973 bits per heavy atom. The van der Waals surface area contributed by atoms with Crippen LogP contribution in [0, 0.1) is 6.92 Å². The molecule has 37 heavy (non-hydrogen) atoms. The lowest BCUT2D eigenvalue weighted by Gasteiger charge is -2.13. The maximum absolute atomic E-state index is 12.8. The first-order valence-electron chi connectivity index (χ1n) is 11.9. The van der Waals surface area contributed by atoms with E-state index < -0.39 is 0 Å². The van der Waals surface area contributed by atoms with Gasteiger partial charge in [0.2, 0.25) is 5.89 Å². The molecule has 0 atom stereocenters. The highest BCUT2D eigenvalue weighted by atomic mass is 32.1. The second-order valence-electron chi connectivity index (χ2n) is 8.72. The van der Waals surface area contributed by atoms with Gasteiger partial charge in [0.1, 0.15) is 11.3 Å². The molecule has 1 aromatic heterocycles. The number of anilines is 1. The van der Waals surface area contributed by atoms with Crippen LogP contribution in [0.15, 0.2) is 89.3 Å². The van der Waals surface area contributed by atoms with Crippen LogP contribution in [-0.4, -0.2) is 21.1 Å². The summed E-state index contributed by atoms with van der Waals surface area (Å²) in [5.41, 5.74) is 6.75. The quantitative estimate of drug-likeness (QED) is 0.178. The molecule has 0 aliphatic heterocycles. The summed E-state index contributed by atoms with van der Waals surface area (Å²) in [7, 11) is 0. The number of carbonyl (C=O) groups excluding carboxylic acids is 1. The minimum atomic E-state index is -0.321. The number of fused-ring (bicyclic) bond motifs is 1. The summed E-state index contributed by atoms with van der Waals surface area (Å²) in [6.07, 6.45) is 0.891. The number of nitrogens with zero attached hydrogens (tertiary/aromatic N) is 1. The van der Waals surface area contributed by atoms with Crippen LogP contribution in [0.25, 0.3) is 33.7 Å². The summed E-state index contributed by atoms with van der Waals surface area (Å²) in [4.78, 5) is 17.3. The van der Waals surface area contributed by atoms with E-state index in [1.807, 2.05) is 60.7 Å². The van der Waals surface area contributed by atoms with Gasteiger partial charge in [0, 0.05) is 11.3 Å². The van der Waals surface area contributed by atoms with Crippen LogP contribution in [0.4, 0.5) is 5.69 Å². The van der Waals surface area contributed by atoms with Gasteiger partial charge in [-0.05, 0) is 84.2 Å². The lowest BCUT2D eigenvalue weighted by Crippen LogP contribution is -2.34. The third-order valence-electron chi connectivity index (χ3n) is 6.13. The van der Waals surface area contributed by atoms with Gasteiger partial charge in [-0.15, -0.1) is 0 Å². The molecule has 5 rings (SSSR count). The molecule has 1 heterocycles. The van der Waals surface area contributed by atoms with Crippen molar-refractivity contribution in [3.63, 3.8) is 0 Å². The molecule has 1 amide bonds. The Morgan fingerprint density at radius 2 is 1.70 bits per heavy atom. The number of benzene rings is 4. The predicted molar refractivity (Wildman–Crippen MR) is 151 cm³/mol. The molecule has 0 bridgehead atoms. The van der Waals surface area contributed by atoms with Crippen LogP contribution in [0.3, 0.4) is 0 Å². The molecule has 0 spiro atoms. The summed E-state index contributed by atoms with van der Waals surface area (Å²) in [5.74, 6) is 0.0563. The molecular weight excluding hydrogens is 482 g/mol. The third kappa shape index (κ3) is 5.22. The van der Waals surface area contributed by atoms with Gasteiger partial charge in [-0.25, -0.2) is 4.98 Å². The molecule has 0 radical (unpaired) electrons. The van der Waals surface area contributed by atoms with Crippen molar-refractivity contribution in [3.05, 3.63) is 102 Å². The Morgan fingerprint density at radius 3 is 2.43 bits per heavy atom. The van der Waals surface area contributed by atoms with Gasteiger partial charge in [0.25, 0.3) is 5.91 Å². The summed E-state index contributed by atoms with van der Waals surface area (Å²) >= 11 is 5.39. The van der Waals surface area contributed by atoms with Crippen LogP contribution in [-0.2, 0) is 6.42 Å². The first-order chi connectivity index (χ1) is 17.9. The van der Waals surface area contributed by atoms with Gasteiger partial charge in [-0.1, -0.05) is 55.5 Å². The number of aromatic nitrogens is 1. The Balaban J connectivity index is 1.32. The van der Waals surface area contributed by atoms with Crippen molar-refractivity contribution in [2.75, 3.05) is 5.32 Å². The number of phenolic OH excluding ortho intramolecular Hbond substituents is 1. The number of amides is 1. The van der Waals surface area contributed by atoms with E-state index in [1.54, 1.807) is 31.2 Å². The summed E-state index contributed by atoms with van der Waals surface area (Å²) in [5, 5.41) is 16.6. The normalized spacial score (nSPS) is 10.9. The SMILES string of the molecule is CCc1ccc2oc(-c3cc(NC(=S)NC(=O)c4ccc(-c5ccccc5)cc4)cc(C)c3O)nc2c1. The fraction of sp³-hybridized carbons (Fsp3) is 0.100. The Bertz CT molecular complexity index is 1610. The van der Waals surface area contributed by atoms with Crippen molar-refractivity contribution in [2.45, 2.75) is 20.3 Å². The van der Waals surface area contributed by atoms with Gasteiger partial charge >= 0.3 is 0 Å². The van der Waals surface area contributed by atoms with Gasteiger partial charge in [0.15, 0.2) is 10.7 Å². The third-order valence-corrected chi connectivity index (χ3v) is 6.33. The Labute approximate surface area is 220 Å².